The van der Waals surface area contributed by atoms with Crippen molar-refractivity contribution in [3.63, 3.8) is 0 Å². The number of nitrogens with zero attached hydrogens (tertiary/aromatic N) is 1. The number of ether oxygens (including phenoxy) is 1. The lowest BCUT2D eigenvalue weighted by Gasteiger charge is -2.12. The van der Waals surface area contributed by atoms with Crippen molar-refractivity contribution in [1.82, 2.24) is 0 Å². The molecule has 206 valence electrons. The highest BCUT2D eigenvalue weighted by Crippen LogP contribution is 2.21. The van der Waals surface area contributed by atoms with E-state index in [0.717, 1.165) is 18.7 Å². The number of carbonyl (C=O) groups is 1. The molecule has 38 heavy (non-hydrogen) atoms. The third kappa shape index (κ3) is 11.8. The number of para-hydroxylation sites is 1. The van der Waals surface area contributed by atoms with Crippen molar-refractivity contribution in [3.8, 4) is 5.75 Å². The minimum Gasteiger partial charge on any atom is -0.493 e. The lowest BCUT2D eigenvalue weighted by molar-refractivity contribution is -0.683. The van der Waals surface area contributed by atoms with Gasteiger partial charge >= 0.3 is 0 Å². The maximum Gasteiger partial charge on any atom is 0.259 e. The van der Waals surface area contributed by atoms with Gasteiger partial charge in [0.15, 0.2) is 12.7 Å². The average Bonchev–Trinajstić information content (AvgIpc) is 3.45. The van der Waals surface area contributed by atoms with Crippen LogP contribution in [0.2, 0.25) is 0 Å². The van der Waals surface area contributed by atoms with Crippen molar-refractivity contribution < 1.29 is 14.1 Å². The number of anilines is 1. The van der Waals surface area contributed by atoms with Crippen LogP contribution < -0.4 is 14.6 Å². The van der Waals surface area contributed by atoms with Crippen LogP contribution in [0.1, 0.15) is 113 Å². The van der Waals surface area contributed by atoms with Gasteiger partial charge in [0.1, 0.15) is 5.75 Å². The molecule has 5 heteroatoms. The summed E-state index contributed by atoms with van der Waals surface area (Å²) in [5, 5.41) is 5.08. The molecule has 4 nitrogen and oxygen atoms in total. The smallest absolute Gasteiger partial charge is 0.259 e. The van der Waals surface area contributed by atoms with Gasteiger partial charge < -0.3 is 10.1 Å². The topological polar surface area (TPSA) is 42.2 Å². The van der Waals surface area contributed by atoms with Crippen LogP contribution in [-0.2, 0) is 6.54 Å². The molecule has 0 aliphatic rings. The van der Waals surface area contributed by atoms with Gasteiger partial charge in [-0.25, -0.2) is 0 Å². The first-order valence-corrected chi connectivity index (χ1v) is 15.7. The number of thiazole rings is 1. The Kier molecular flexibility index (Phi) is 14.6. The Morgan fingerprint density at radius 2 is 1.39 bits per heavy atom. The van der Waals surface area contributed by atoms with Gasteiger partial charge in [-0.3, -0.25) is 4.79 Å². The maximum atomic E-state index is 12.9. The number of rotatable bonds is 20. The van der Waals surface area contributed by atoms with Crippen molar-refractivity contribution >= 4 is 22.9 Å². The molecule has 0 fully saturated rings. The summed E-state index contributed by atoms with van der Waals surface area (Å²) < 4.78 is 8.16. The molecule has 3 aromatic rings. The van der Waals surface area contributed by atoms with Gasteiger partial charge in [-0.1, -0.05) is 126 Å². The molecule has 1 aromatic heterocycles. The molecule has 1 N–H and O–H groups in total. The van der Waals surface area contributed by atoms with Gasteiger partial charge in [0.05, 0.1) is 17.6 Å². The zero-order chi connectivity index (χ0) is 26.7. The Balaban J connectivity index is 1.27. The van der Waals surface area contributed by atoms with E-state index in [1.54, 1.807) is 11.3 Å². The molecule has 0 saturated carbocycles. The van der Waals surface area contributed by atoms with Crippen LogP contribution in [0.5, 0.6) is 5.75 Å². The van der Waals surface area contributed by atoms with E-state index in [4.69, 9.17) is 4.74 Å². The number of unbranched alkanes of at least 4 members (excludes halogenated alkanes) is 13. The van der Waals surface area contributed by atoms with E-state index in [-0.39, 0.29) is 5.91 Å². The van der Waals surface area contributed by atoms with E-state index in [0.29, 0.717) is 17.9 Å². The fourth-order valence-corrected chi connectivity index (χ4v) is 5.31. The fraction of sp³-hybridized carbons (Fsp3) is 0.515. The van der Waals surface area contributed by atoms with Crippen molar-refractivity contribution in [3.05, 3.63) is 76.7 Å². The van der Waals surface area contributed by atoms with Crippen LogP contribution in [0.25, 0.3) is 0 Å². The van der Waals surface area contributed by atoms with Crippen LogP contribution in [0.15, 0.2) is 65.6 Å². The Morgan fingerprint density at radius 3 is 2.00 bits per heavy atom. The summed E-state index contributed by atoms with van der Waals surface area (Å²) in [5.41, 5.74) is 4.65. The first kappa shape index (κ1) is 29.9. The Bertz CT molecular complexity index is 1020. The fourth-order valence-electron chi connectivity index (χ4n) is 4.71. The zero-order valence-electron chi connectivity index (χ0n) is 23.3. The van der Waals surface area contributed by atoms with Crippen LogP contribution in [0.3, 0.4) is 0 Å². The number of hydrogen-bond donors (Lipinski definition) is 1. The molecule has 3 rings (SSSR count). The number of carbonyl (C=O) groups excluding carboxylic acids is 1. The molecule has 0 unspecified atom stereocenters. The van der Waals surface area contributed by atoms with Gasteiger partial charge in [0, 0.05) is 11.3 Å². The summed E-state index contributed by atoms with van der Waals surface area (Å²) in [5.74, 6) is 0.520. The largest absolute Gasteiger partial charge is 0.493 e. The second kappa shape index (κ2) is 18.6. The molecular formula is C33H47N2O2S+. The number of amides is 1. The van der Waals surface area contributed by atoms with E-state index in [1.807, 2.05) is 36.4 Å². The average molecular weight is 536 g/mol. The number of nitrogens with one attached hydrogen (secondary N) is 1. The molecule has 0 aliphatic heterocycles. The second-order valence-electron chi connectivity index (χ2n) is 10.3. The molecule has 1 amide bonds. The van der Waals surface area contributed by atoms with Crippen molar-refractivity contribution in [2.24, 2.45) is 0 Å². The molecule has 0 radical (unpaired) electrons. The number of benzene rings is 2. The second-order valence-corrected chi connectivity index (χ2v) is 11.0. The van der Waals surface area contributed by atoms with Crippen LogP contribution in [0, 0.1) is 0 Å². The Morgan fingerprint density at radius 1 is 0.789 bits per heavy atom. The summed E-state index contributed by atoms with van der Waals surface area (Å²) in [6.07, 6.45) is 20.8. The van der Waals surface area contributed by atoms with Gasteiger partial charge in [0.25, 0.3) is 5.91 Å². The molecule has 0 aliphatic carbocycles. The molecule has 2 aromatic carbocycles. The number of hydrogen-bond acceptors (Lipinski definition) is 3. The summed E-state index contributed by atoms with van der Waals surface area (Å²) in [6, 6.07) is 15.5. The molecule has 1 heterocycles. The molecular weight excluding hydrogens is 488 g/mol. The molecule has 0 atom stereocenters. The molecule has 0 bridgehead atoms. The maximum absolute atomic E-state index is 12.9. The quantitative estimate of drug-likeness (QED) is 0.116. The highest BCUT2D eigenvalue weighted by Gasteiger charge is 2.13. The standard InChI is InChI=1S/C33H46N2O2S/c1-2-3-4-5-6-7-8-9-10-11-12-13-14-17-25-37-32-19-16-15-18-31(32)33(36)34-30-22-20-29(21-23-30)27-35-24-26-38-28-35/h15-16,18-24,26,28H,2-14,17,25,27H2,1H3/p+1. The molecule has 0 saturated heterocycles. The lowest BCUT2D eigenvalue weighted by atomic mass is 10.0. The van der Waals surface area contributed by atoms with Crippen LogP contribution in [-0.4, -0.2) is 12.5 Å². The summed E-state index contributed by atoms with van der Waals surface area (Å²) in [4.78, 5) is 12.9. The first-order chi connectivity index (χ1) is 18.8. The van der Waals surface area contributed by atoms with Gasteiger partial charge in [-0.05, 0) is 30.7 Å². The predicted molar refractivity (Wildman–Crippen MR) is 160 cm³/mol. The third-order valence-corrected chi connectivity index (χ3v) is 7.66. The third-order valence-electron chi connectivity index (χ3n) is 6.99. The van der Waals surface area contributed by atoms with Gasteiger partial charge in [-0.15, -0.1) is 0 Å². The minimum absolute atomic E-state index is 0.137. The molecule has 0 spiro atoms. The van der Waals surface area contributed by atoms with Gasteiger partial charge in [-0.2, -0.15) is 4.57 Å². The van der Waals surface area contributed by atoms with E-state index in [9.17, 15) is 4.79 Å². The summed E-state index contributed by atoms with van der Waals surface area (Å²) in [7, 11) is 0. The Hall–Kier alpha value is -2.66. The van der Waals surface area contributed by atoms with Crippen molar-refractivity contribution in [2.75, 3.05) is 11.9 Å². The van der Waals surface area contributed by atoms with E-state index in [2.05, 4.69) is 46.0 Å². The monoisotopic (exact) mass is 535 g/mol. The highest BCUT2D eigenvalue weighted by atomic mass is 32.1. The normalized spacial score (nSPS) is 11.0. The van der Waals surface area contributed by atoms with E-state index in [1.165, 1.54) is 89.0 Å². The number of aromatic nitrogens is 1. The van der Waals surface area contributed by atoms with Crippen LogP contribution in [0.4, 0.5) is 5.69 Å². The first-order valence-electron chi connectivity index (χ1n) is 14.8. The zero-order valence-corrected chi connectivity index (χ0v) is 24.2. The van der Waals surface area contributed by atoms with E-state index >= 15 is 0 Å². The Labute approximate surface area is 234 Å². The summed E-state index contributed by atoms with van der Waals surface area (Å²) >= 11 is 1.68. The van der Waals surface area contributed by atoms with Crippen molar-refractivity contribution in [1.29, 1.82) is 0 Å². The predicted octanol–water partition coefficient (Wildman–Crippen LogP) is 9.20. The summed E-state index contributed by atoms with van der Waals surface area (Å²) in [6.45, 7) is 3.76. The van der Waals surface area contributed by atoms with Crippen molar-refractivity contribution in [2.45, 2.75) is 103 Å². The minimum atomic E-state index is -0.137. The van der Waals surface area contributed by atoms with E-state index < -0.39 is 0 Å². The van der Waals surface area contributed by atoms with Crippen LogP contribution >= 0.6 is 11.3 Å². The van der Waals surface area contributed by atoms with Gasteiger partial charge in [0.2, 0.25) is 5.51 Å². The lowest BCUT2D eigenvalue weighted by Crippen LogP contribution is -2.30. The highest BCUT2D eigenvalue weighted by molar-refractivity contribution is 7.07. The SMILES string of the molecule is CCCCCCCCCCCCCCCCOc1ccccc1C(=O)Nc1ccc(C[n+]2ccsc2)cc1.